The zero-order chi connectivity index (χ0) is 15.5. The van der Waals surface area contributed by atoms with E-state index >= 15 is 0 Å². The molecule has 1 aromatic rings. The van der Waals surface area contributed by atoms with Gasteiger partial charge in [0.05, 0.1) is 13.0 Å². The van der Waals surface area contributed by atoms with Gasteiger partial charge in [-0.3, -0.25) is 9.59 Å². The molecule has 0 unspecified atom stereocenters. The molecule has 0 heterocycles. The smallest absolute Gasteiger partial charge is 0.307 e. The summed E-state index contributed by atoms with van der Waals surface area (Å²) in [5.41, 5.74) is 1.65. The van der Waals surface area contributed by atoms with E-state index in [4.69, 9.17) is 4.74 Å². The van der Waals surface area contributed by atoms with Crippen LogP contribution in [-0.4, -0.2) is 25.0 Å². The van der Waals surface area contributed by atoms with Crippen LogP contribution in [0.15, 0.2) is 24.3 Å². The highest BCUT2D eigenvalue weighted by Crippen LogP contribution is 2.03. The maximum Gasteiger partial charge on any atom is 0.307 e. The minimum Gasteiger partial charge on any atom is -0.466 e. The van der Waals surface area contributed by atoms with Gasteiger partial charge in [-0.25, -0.2) is 0 Å². The summed E-state index contributed by atoms with van der Waals surface area (Å²) in [5, 5.41) is 2.73. The van der Waals surface area contributed by atoms with Crippen molar-refractivity contribution in [2.24, 2.45) is 0 Å². The van der Waals surface area contributed by atoms with Crippen LogP contribution >= 0.6 is 0 Å². The van der Waals surface area contributed by atoms with E-state index in [1.807, 2.05) is 25.1 Å². The second kappa shape index (κ2) is 9.97. The summed E-state index contributed by atoms with van der Waals surface area (Å²) in [7, 11) is 0. The highest BCUT2D eigenvalue weighted by Gasteiger charge is 2.07. The lowest BCUT2D eigenvalue weighted by molar-refractivity contribution is -0.143. The van der Waals surface area contributed by atoms with Gasteiger partial charge in [0, 0.05) is 12.1 Å². The Morgan fingerprint density at radius 3 is 2.71 bits per heavy atom. The number of ether oxygens (including phenoxy) is 1. The van der Waals surface area contributed by atoms with Gasteiger partial charge in [0.25, 0.3) is 5.91 Å². The Balaban J connectivity index is 2.15. The summed E-state index contributed by atoms with van der Waals surface area (Å²) in [5.74, 6) is -0.412. The molecule has 116 valence electrons. The first-order valence-electron chi connectivity index (χ1n) is 7.64. The van der Waals surface area contributed by atoms with Crippen LogP contribution in [0.25, 0.3) is 0 Å². The largest absolute Gasteiger partial charge is 0.466 e. The van der Waals surface area contributed by atoms with Crippen molar-refractivity contribution in [3.05, 3.63) is 35.4 Å². The van der Waals surface area contributed by atoms with Crippen LogP contribution in [0.1, 0.15) is 54.9 Å². The molecule has 0 saturated heterocycles. The first kappa shape index (κ1) is 17.2. The third-order valence-corrected chi connectivity index (χ3v) is 3.16. The molecule has 0 bridgehead atoms. The molecule has 1 amide bonds. The van der Waals surface area contributed by atoms with Gasteiger partial charge < -0.3 is 10.1 Å². The number of hydrogen-bond acceptors (Lipinski definition) is 3. The molecule has 0 aromatic heterocycles. The van der Waals surface area contributed by atoms with Gasteiger partial charge in [0.2, 0.25) is 0 Å². The average molecular weight is 291 g/mol. The van der Waals surface area contributed by atoms with E-state index in [0.29, 0.717) is 18.7 Å². The van der Waals surface area contributed by atoms with Crippen LogP contribution in [0.3, 0.4) is 0 Å². The Bertz CT molecular complexity index is 457. The van der Waals surface area contributed by atoms with E-state index in [1.165, 1.54) is 12.8 Å². The SMILES string of the molecule is CCCCCCOC(=O)CCNC(=O)c1cccc(C)c1. The number of esters is 1. The molecule has 21 heavy (non-hydrogen) atoms. The number of aryl methyl sites for hydroxylation is 1. The van der Waals surface area contributed by atoms with E-state index in [-0.39, 0.29) is 18.3 Å². The van der Waals surface area contributed by atoms with E-state index < -0.39 is 0 Å². The molecular weight excluding hydrogens is 266 g/mol. The number of benzene rings is 1. The molecule has 1 aromatic carbocycles. The van der Waals surface area contributed by atoms with E-state index in [9.17, 15) is 9.59 Å². The fourth-order valence-corrected chi connectivity index (χ4v) is 1.95. The molecule has 0 aliphatic rings. The average Bonchev–Trinajstić information content (AvgIpc) is 2.47. The molecule has 0 aliphatic carbocycles. The lowest BCUT2D eigenvalue weighted by atomic mass is 10.1. The third-order valence-electron chi connectivity index (χ3n) is 3.16. The van der Waals surface area contributed by atoms with E-state index in [2.05, 4.69) is 12.2 Å². The number of nitrogens with one attached hydrogen (secondary N) is 1. The summed E-state index contributed by atoms with van der Waals surface area (Å²) in [4.78, 5) is 23.3. The van der Waals surface area contributed by atoms with Gasteiger partial charge in [-0.05, 0) is 25.5 Å². The van der Waals surface area contributed by atoms with Crippen LogP contribution in [0, 0.1) is 6.92 Å². The fourth-order valence-electron chi connectivity index (χ4n) is 1.95. The van der Waals surface area contributed by atoms with Crippen LogP contribution in [-0.2, 0) is 9.53 Å². The number of unbranched alkanes of at least 4 members (excludes halogenated alkanes) is 3. The molecule has 0 saturated carbocycles. The quantitative estimate of drug-likeness (QED) is 0.561. The molecular formula is C17H25NO3. The highest BCUT2D eigenvalue weighted by atomic mass is 16.5. The predicted molar refractivity (Wildman–Crippen MR) is 83.2 cm³/mol. The van der Waals surface area contributed by atoms with Crippen molar-refractivity contribution in [1.29, 1.82) is 0 Å². The second-order valence-corrected chi connectivity index (χ2v) is 5.16. The molecule has 0 atom stereocenters. The first-order chi connectivity index (χ1) is 10.1. The molecule has 0 spiro atoms. The van der Waals surface area contributed by atoms with Gasteiger partial charge in [-0.1, -0.05) is 43.9 Å². The summed E-state index contributed by atoms with van der Waals surface area (Å²) < 4.78 is 5.10. The predicted octanol–water partition coefficient (Wildman–Crippen LogP) is 3.24. The third kappa shape index (κ3) is 7.49. The summed E-state index contributed by atoms with van der Waals surface area (Å²) in [6, 6.07) is 7.36. The lowest BCUT2D eigenvalue weighted by Crippen LogP contribution is -2.26. The summed E-state index contributed by atoms with van der Waals surface area (Å²) in [6.45, 7) is 4.86. The van der Waals surface area contributed by atoms with E-state index in [0.717, 1.165) is 18.4 Å². The molecule has 1 N–H and O–H groups in total. The van der Waals surface area contributed by atoms with Crippen molar-refractivity contribution in [2.75, 3.05) is 13.2 Å². The Labute approximate surface area is 126 Å². The zero-order valence-electron chi connectivity index (χ0n) is 13.0. The molecule has 0 radical (unpaired) electrons. The number of amides is 1. The van der Waals surface area contributed by atoms with Gasteiger partial charge in [0.1, 0.15) is 0 Å². The van der Waals surface area contributed by atoms with Gasteiger partial charge in [-0.15, -0.1) is 0 Å². The maximum absolute atomic E-state index is 11.8. The number of carbonyl (C=O) groups is 2. The zero-order valence-corrected chi connectivity index (χ0v) is 13.0. The van der Waals surface area contributed by atoms with Crippen molar-refractivity contribution in [1.82, 2.24) is 5.32 Å². The Morgan fingerprint density at radius 2 is 2.00 bits per heavy atom. The Kier molecular flexibility index (Phi) is 8.17. The highest BCUT2D eigenvalue weighted by molar-refractivity contribution is 5.94. The van der Waals surface area contributed by atoms with Crippen molar-refractivity contribution >= 4 is 11.9 Å². The number of rotatable bonds is 9. The standard InChI is InChI=1S/C17H25NO3/c1-3-4-5-6-12-21-16(19)10-11-18-17(20)15-9-7-8-14(2)13-15/h7-9,13H,3-6,10-12H2,1-2H3,(H,18,20). The van der Waals surface area contributed by atoms with Crippen molar-refractivity contribution < 1.29 is 14.3 Å². The van der Waals surface area contributed by atoms with Crippen molar-refractivity contribution in [3.8, 4) is 0 Å². The lowest BCUT2D eigenvalue weighted by Gasteiger charge is -2.07. The van der Waals surface area contributed by atoms with Gasteiger partial charge in [-0.2, -0.15) is 0 Å². The fraction of sp³-hybridized carbons (Fsp3) is 0.529. The molecule has 0 fully saturated rings. The minimum atomic E-state index is -0.254. The molecule has 4 nitrogen and oxygen atoms in total. The molecule has 4 heteroatoms. The van der Waals surface area contributed by atoms with E-state index in [1.54, 1.807) is 6.07 Å². The second-order valence-electron chi connectivity index (χ2n) is 5.16. The Morgan fingerprint density at radius 1 is 1.19 bits per heavy atom. The summed E-state index contributed by atoms with van der Waals surface area (Å²) >= 11 is 0. The minimum absolute atomic E-state index is 0.158. The van der Waals surface area contributed by atoms with Crippen LogP contribution in [0.2, 0.25) is 0 Å². The molecule has 0 aliphatic heterocycles. The monoisotopic (exact) mass is 291 g/mol. The topological polar surface area (TPSA) is 55.4 Å². The Hall–Kier alpha value is -1.84. The summed E-state index contributed by atoms with van der Waals surface area (Å²) in [6.07, 6.45) is 4.55. The van der Waals surface area contributed by atoms with Gasteiger partial charge >= 0.3 is 5.97 Å². The number of carbonyl (C=O) groups excluding carboxylic acids is 2. The van der Waals surface area contributed by atoms with Crippen LogP contribution in [0.4, 0.5) is 0 Å². The van der Waals surface area contributed by atoms with Crippen molar-refractivity contribution in [2.45, 2.75) is 46.0 Å². The van der Waals surface area contributed by atoms with Crippen LogP contribution in [0.5, 0.6) is 0 Å². The normalized spacial score (nSPS) is 10.2. The number of hydrogen-bond donors (Lipinski definition) is 1. The van der Waals surface area contributed by atoms with Crippen molar-refractivity contribution in [3.63, 3.8) is 0 Å². The maximum atomic E-state index is 11.8. The van der Waals surface area contributed by atoms with Gasteiger partial charge in [0.15, 0.2) is 0 Å². The van der Waals surface area contributed by atoms with Crippen LogP contribution < -0.4 is 5.32 Å². The molecule has 1 rings (SSSR count). The first-order valence-corrected chi connectivity index (χ1v) is 7.64.